The third kappa shape index (κ3) is 3.71. The highest BCUT2D eigenvalue weighted by Gasteiger charge is 2.61. The van der Waals surface area contributed by atoms with E-state index in [0.717, 1.165) is 22.3 Å². The van der Waals surface area contributed by atoms with Crippen LogP contribution >= 0.6 is 23.4 Å². The largest absolute Gasteiger partial charge is 0.490 e. The number of para-hydroxylation sites is 1. The van der Waals surface area contributed by atoms with Crippen molar-refractivity contribution in [3.8, 4) is 5.75 Å². The van der Waals surface area contributed by atoms with Crippen molar-refractivity contribution in [1.29, 1.82) is 0 Å². The maximum atomic E-state index is 13.8. The fourth-order valence-corrected chi connectivity index (χ4v) is 5.27. The molecule has 0 aromatic heterocycles. The number of halogens is 1. The van der Waals surface area contributed by atoms with Gasteiger partial charge in [-0.2, -0.15) is 5.01 Å². The Morgan fingerprint density at radius 3 is 2.66 bits per heavy atom. The number of nitrogens with zero attached hydrogens (tertiary/aromatic N) is 3. The molecule has 0 fully saturated rings. The fraction of sp³-hybridized carbons (Fsp3) is 0.273. The van der Waals surface area contributed by atoms with Gasteiger partial charge in [0.15, 0.2) is 5.17 Å². The predicted octanol–water partition coefficient (Wildman–Crippen LogP) is 3.23. The second-order valence-corrected chi connectivity index (χ2v) is 9.01. The Bertz CT molecular complexity index is 1150. The lowest BCUT2D eigenvalue weighted by atomic mass is 10.0. The van der Waals surface area contributed by atoms with Crippen LogP contribution in [0.25, 0.3) is 0 Å². The molecule has 10 heteroatoms. The number of ether oxygens (including phenoxy) is 1. The van der Waals surface area contributed by atoms with Crippen LogP contribution in [0.3, 0.4) is 0 Å². The number of amides is 3. The van der Waals surface area contributed by atoms with Crippen LogP contribution in [0.5, 0.6) is 5.75 Å². The van der Waals surface area contributed by atoms with Crippen LogP contribution in [0.4, 0.5) is 5.69 Å². The number of thioether (sulfide) groups is 1. The zero-order valence-corrected chi connectivity index (χ0v) is 19.3. The quantitative estimate of drug-likeness (QED) is 0.737. The summed E-state index contributed by atoms with van der Waals surface area (Å²) in [7, 11) is 0. The molecule has 2 aliphatic heterocycles. The Morgan fingerprint density at radius 1 is 1.22 bits per heavy atom. The van der Waals surface area contributed by atoms with E-state index in [4.69, 9.17) is 16.3 Å². The summed E-state index contributed by atoms with van der Waals surface area (Å²) in [5.74, 6) is -0.550. The summed E-state index contributed by atoms with van der Waals surface area (Å²) < 4.78 is 5.79. The van der Waals surface area contributed by atoms with Gasteiger partial charge < -0.3 is 15.0 Å². The van der Waals surface area contributed by atoms with Gasteiger partial charge in [-0.3, -0.25) is 14.4 Å². The van der Waals surface area contributed by atoms with Crippen LogP contribution in [-0.2, 0) is 19.3 Å². The van der Waals surface area contributed by atoms with Gasteiger partial charge in [-0.1, -0.05) is 41.4 Å². The van der Waals surface area contributed by atoms with Crippen LogP contribution in [0, 0.1) is 6.92 Å². The number of aryl methyl sites for hydroxylation is 1. The zero-order chi connectivity index (χ0) is 23.0. The molecular weight excluding hydrogens is 452 g/mol. The van der Waals surface area contributed by atoms with Gasteiger partial charge in [0.05, 0.1) is 17.3 Å². The minimum absolute atomic E-state index is 0.197. The number of hydrogen-bond donors (Lipinski definition) is 1. The van der Waals surface area contributed by atoms with Gasteiger partial charge in [0.1, 0.15) is 12.4 Å². The van der Waals surface area contributed by atoms with E-state index in [1.54, 1.807) is 17.0 Å². The molecule has 0 unspecified atom stereocenters. The van der Waals surface area contributed by atoms with Crippen LogP contribution in [0.1, 0.15) is 25.0 Å². The van der Waals surface area contributed by atoms with Gasteiger partial charge in [0.25, 0.3) is 5.91 Å². The second-order valence-electron chi connectivity index (χ2n) is 7.42. The van der Waals surface area contributed by atoms with Crippen LogP contribution in [0.2, 0.25) is 5.02 Å². The lowest BCUT2D eigenvalue weighted by Gasteiger charge is -2.29. The Labute approximate surface area is 194 Å². The summed E-state index contributed by atoms with van der Waals surface area (Å²) in [6.07, 6.45) is 0. The molecule has 1 N–H and O–H groups in total. The third-order valence-corrected chi connectivity index (χ3v) is 6.62. The molecule has 0 radical (unpaired) electrons. The molecule has 166 valence electrons. The first-order valence-corrected chi connectivity index (χ1v) is 11.1. The summed E-state index contributed by atoms with van der Waals surface area (Å²) in [4.78, 5) is 38.1. The number of amidine groups is 1. The number of hydrazone groups is 1. The van der Waals surface area contributed by atoms with Gasteiger partial charge in [-0.25, -0.2) is 0 Å². The molecule has 0 aliphatic carbocycles. The monoisotopic (exact) mass is 472 g/mol. The van der Waals surface area contributed by atoms with E-state index in [-0.39, 0.29) is 30.1 Å². The number of carbonyl (C=O) groups is 3. The van der Waals surface area contributed by atoms with Crippen LogP contribution < -0.4 is 15.0 Å². The van der Waals surface area contributed by atoms with Gasteiger partial charge in [0, 0.05) is 19.4 Å². The number of nitrogens with one attached hydrogen (secondary N) is 1. The number of hydrogen-bond acceptors (Lipinski definition) is 6. The lowest BCUT2D eigenvalue weighted by molar-refractivity contribution is -0.139. The van der Waals surface area contributed by atoms with Gasteiger partial charge in [-0.15, -0.1) is 5.10 Å². The number of benzene rings is 2. The predicted molar refractivity (Wildman–Crippen MR) is 124 cm³/mol. The normalized spacial score (nSPS) is 19.2. The standard InChI is InChI=1S/C22H21ClN4O4S/c1-13-8-9-18-16(12-13)22(27(15(3)29)25-21(32-22)24-14(2)28)20(30)26(18)10-11-31-19-7-5-4-6-17(19)23/h4-9,12H,10-11H2,1-3H3,(H,24,25,28)/t22-/m1/s1. The van der Waals surface area contributed by atoms with Crippen molar-refractivity contribution in [3.05, 3.63) is 58.6 Å². The van der Waals surface area contributed by atoms with E-state index in [9.17, 15) is 14.4 Å². The Balaban J connectivity index is 1.67. The third-order valence-electron chi connectivity index (χ3n) is 5.07. The summed E-state index contributed by atoms with van der Waals surface area (Å²) in [6.45, 7) is 5.04. The molecule has 1 atom stereocenters. The first-order chi connectivity index (χ1) is 15.2. The second kappa shape index (κ2) is 8.48. The first-order valence-electron chi connectivity index (χ1n) is 9.90. The molecule has 2 aromatic carbocycles. The van der Waals surface area contributed by atoms with E-state index >= 15 is 0 Å². The molecule has 1 spiro atoms. The highest BCUT2D eigenvalue weighted by molar-refractivity contribution is 8.15. The van der Waals surface area contributed by atoms with E-state index in [1.807, 2.05) is 37.3 Å². The maximum Gasteiger partial charge on any atom is 0.270 e. The molecule has 2 aromatic rings. The Kier molecular flexibility index (Phi) is 5.87. The smallest absolute Gasteiger partial charge is 0.270 e. The lowest BCUT2D eigenvalue weighted by Crippen LogP contribution is -2.49. The minimum Gasteiger partial charge on any atom is -0.490 e. The van der Waals surface area contributed by atoms with Crippen molar-refractivity contribution in [2.45, 2.75) is 25.6 Å². The van der Waals surface area contributed by atoms with Crippen LogP contribution in [0.15, 0.2) is 47.6 Å². The highest BCUT2D eigenvalue weighted by Crippen LogP contribution is 2.54. The molecule has 3 amide bonds. The first kappa shape index (κ1) is 22.2. The number of fused-ring (bicyclic) bond motifs is 2. The number of carbonyl (C=O) groups excluding carboxylic acids is 3. The van der Waals surface area contributed by atoms with E-state index < -0.39 is 10.8 Å². The molecule has 0 saturated carbocycles. The molecule has 0 saturated heterocycles. The van der Waals surface area contributed by atoms with Crippen molar-refractivity contribution in [2.75, 3.05) is 18.1 Å². The number of rotatable bonds is 4. The van der Waals surface area contributed by atoms with E-state index in [1.165, 1.54) is 13.8 Å². The molecule has 32 heavy (non-hydrogen) atoms. The van der Waals surface area contributed by atoms with Crippen molar-refractivity contribution < 1.29 is 19.1 Å². The fourth-order valence-electron chi connectivity index (χ4n) is 3.76. The van der Waals surface area contributed by atoms with Crippen molar-refractivity contribution in [1.82, 2.24) is 10.3 Å². The average Bonchev–Trinajstić information content (AvgIpc) is 3.21. The van der Waals surface area contributed by atoms with Gasteiger partial charge in [0.2, 0.25) is 16.7 Å². The molecule has 8 nitrogen and oxygen atoms in total. The zero-order valence-electron chi connectivity index (χ0n) is 17.7. The SMILES string of the molecule is CC(=O)NC1=NN(C(C)=O)[C@]2(S1)C(=O)N(CCOc1ccccc1Cl)c1ccc(C)cc12. The summed E-state index contributed by atoms with van der Waals surface area (Å²) >= 11 is 7.21. The molecule has 2 aliphatic rings. The summed E-state index contributed by atoms with van der Waals surface area (Å²) in [5.41, 5.74) is 2.24. The van der Waals surface area contributed by atoms with Crippen molar-refractivity contribution in [2.24, 2.45) is 5.10 Å². The Morgan fingerprint density at radius 2 is 1.97 bits per heavy atom. The van der Waals surface area contributed by atoms with Crippen LogP contribution in [-0.4, -0.2) is 41.0 Å². The Hall–Kier alpha value is -3.04. The van der Waals surface area contributed by atoms with Crippen molar-refractivity contribution in [3.63, 3.8) is 0 Å². The topological polar surface area (TPSA) is 91.3 Å². The number of anilines is 1. The summed E-state index contributed by atoms with van der Waals surface area (Å²) in [6, 6.07) is 12.7. The molecule has 2 heterocycles. The average molecular weight is 473 g/mol. The molecule has 4 rings (SSSR count). The minimum atomic E-state index is -1.42. The maximum absolute atomic E-state index is 13.8. The van der Waals surface area contributed by atoms with Crippen molar-refractivity contribution >= 4 is 51.9 Å². The van der Waals surface area contributed by atoms with E-state index in [0.29, 0.717) is 22.0 Å². The van der Waals surface area contributed by atoms with E-state index in [2.05, 4.69) is 10.4 Å². The summed E-state index contributed by atoms with van der Waals surface area (Å²) in [5, 5.41) is 8.68. The highest BCUT2D eigenvalue weighted by atomic mass is 35.5. The molecular formula is C22H21ClN4O4S. The van der Waals surface area contributed by atoms with Gasteiger partial charge >= 0.3 is 0 Å². The molecule has 0 bridgehead atoms. The van der Waals surface area contributed by atoms with Gasteiger partial charge in [-0.05, 0) is 36.9 Å².